The van der Waals surface area contributed by atoms with Gasteiger partial charge in [-0.15, -0.1) is 10.2 Å². The minimum atomic E-state index is -0.0824. The molecule has 0 unspecified atom stereocenters. The number of rotatable bonds is 9. The number of nitrogens with zero attached hydrogens (tertiary/aromatic N) is 2. The average Bonchev–Trinajstić information content (AvgIpc) is 3.17. The largest absolute Gasteiger partial charge is 0.491 e. The van der Waals surface area contributed by atoms with Gasteiger partial charge in [-0.25, -0.2) is 0 Å². The number of carbonyl (C=O) groups excluding carboxylic acids is 1. The quantitative estimate of drug-likeness (QED) is 0.498. The lowest BCUT2D eigenvalue weighted by Crippen LogP contribution is -2.27. The lowest BCUT2D eigenvalue weighted by atomic mass is 10.1. The molecular weight excluding hydrogens is 410 g/mol. The number of ether oxygens (including phenoxy) is 1. The van der Waals surface area contributed by atoms with E-state index in [0.29, 0.717) is 22.7 Å². The van der Waals surface area contributed by atoms with Gasteiger partial charge in [-0.3, -0.25) is 4.79 Å². The van der Waals surface area contributed by atoms with Gasteiger partial charge in [-0.05, 0) is 62.2 Å². The van der Waals surface area contributed by atoms with Crippen LogP contribution < -0.4 is 10.1 Å². The van der Waals surface area contributed by atoms with Gasteiger partial charge in [0.15, 0.2) is 0 Å². The number of carbonyl (C=O) groups is 1. The molecule has 2 aromatic carbocycles. The molecule has 6 nitrogen and oxygen atoms in total. The van der Waals surface area contributed by atoms with Crippen molar-refractivity contribution in [1.29, 1.82) is 0 Å². The van der Waals surface area contributed by atoms with E-state index in [1.54, 1.807) is 24.3 Å². The highest BCUT2D eigenvalue weighted by Crippen LogP contribution is 2.24. The molecule has 0 saturated carbocycles. The Labute approximate surface area is 179 Å². The zero-order valence-electron chi connectivity index (χ0n) is 16.2. The molecule has 0 spiro atoms. The van der Waals surface area contributed by atoms with Gasteiger partial charge in [0.1, 0.15) is 5.75 Å². The summed E-state index contributed by atoms with van der Waals surface area (Å²) in [5.74, 6) is 1.38. The highest BCUT2D eigenvalue weighted by molar-refractivity contribution is 7.99. The van der Waals surface area contributed by atoms with Crippen LogP contribution in [-0.2, 0) is 11.2 Å². The van der Waals surface area contributed by atoms with Crippen LogP contribution >= 0.6 is 23.4 Å². The van der Waals surface area contributed by atoms with Gasteiger partial charge in [-0.1, -0.05) is 35.5 Å². The molecule has 3 rings (SSSR count). The molecule has 1 amide bonds. The Hall–Kier alpha value is -2.51. The molecule has 0 aliphatic rings. The van der Waals surface area contributed by atoms with E-state index in [4.69, 9.17) is 20.8 Å². The summed E-state index contributed by atoms with van der Waals surface area (Å²) in [6.45, 7) is 4.55. The maximum absolute atomic E-state index is 12.0. The number of amides is 1. The molecule has 0 aliphatic carbocycles. The summed E-state index contributed by atoms with van der Waals surface area (Å²) in [6.07, 6.45) is 0.901. The van der Waals surface area contributed by atoms with Gasteiger partial charge >= 0.3 is 0 Å². The van der Waals surface area contributed by atoms with Crippen LogP contribution in [0.1, 0.15) is 19.4 Å². The van der Waals surface area contributed by atoms with E-state index in [9.17, 15) is 4.79 Å². The standard InChI is InChI=1S/C21H22ClN3O3S/c1-14(2)27-18-9-3-15(4-10-18)11-12-23-19(26)13-29-21-25-24-20(28-21)16-5-7-17(22)8-6-16/h3-10,14H,11-13H2,1-2H3,(H,23,26). The fourth-order valence-electron chi connectivity index (χ4n) is 2.51. The maximum Gasteiger partial charge on any atom is 0.277 e. The predicted octanol–water partition coefficient (Wildman–Crippen LogP) is 4.63. The maximum atomic E-state index is 12.0. The molecule has 0 fully saturated rings. The van der Waals surface area contributed by atoms with Crippen molar-refractivity contribution in [2.45, 2.75) is 31.6 Å². The lowest BCUT2D eigenvalue weighted by molar-refractivity contribution is -0.118. The number of nitrogens with one attached hydrogen (secondary N) is 1. The average molecular weight is 432 g/mol. The predicted molar refractivity (Wildman–Crippen MR) is 114 cm³/mol. The fourth-order valence-corrected chi connectivity index (χ4v) is 3.23. The Morgan fingerprint density at radius 3 is 2.55 bits per heavy atom. The summed E-state index contributed by atoms with van der Waals surface area (Å²) >= 11 is 7.08. The fraction of sp³-hybridized carbons (Fsp3) is 0.286. The van der Waals surface area contributed by atoms with E-state index < -0.39 is 0 Å². The summed E-state index contributed by atoms with van der Waals surface area (Å²) < 4.78 is 11.2. The molecule has 1 N–H and O–H groups in total. The zero-order valence-corrected chi connectivity index (χ0v) is 17.8. The Kier molecular flexibility index (Phi) is 7.55. The van der Waals surface area contributed by atoms with Crippen molar-refractivity contribution in [3.63, 3.8) is 0 Å². The third-order valence-corrected chi connectivity index (χ3v) is 4.93. The molecule has 29 heavy (non-hydrogen) atoms. The number of thioether (sulfide) groups is 1. The molecule has 3 aromatic rings. The number of hydrogen-bond acceptors (Lipinski definition) is 6. The van der Waals surface area contributed by atoms with Crippen LogP contribution in [0.3, 0.4) is 0 Å². The van der Waals surface area contributed by atoms with Crippen LogP contribution in [-0.4, -0.2) is 34.5 Å². The summed E-state index contributed by atoms with van der Waals surface area (Å²) in [6, 6.07) is 15.0. The summed E-state index contributed by atoms with van der Waals surface area (Å²) in [7, 11) is 0. The van der Waals surface area contributed by atoms with Crippen LogP contribution in [0.15, 0.2) is 58.2 Å². The third-order valence-electron chi connectivity index (χ3n) is 3.86. The van der Waals surface area contributed by atoms with E-state index in [0.717, 1.165) is 23.3 Å². The van der Waals surface area contributed by atoms with Crippen LogP contribution in [0.2, 0.25) is 5.02 Å². The van der Waals surface area contributed by atoms with Crippen molar-refractivity contribution in [2.24, 2.45) is 0 Å². The summed E-state index contributed by atoms with van der Waals surface area (Å²) in [4.78, 5) is 12.0. The minimum Gasteiger partial charge on any atom is -0.491 e. The van der Waals surface area contributed by atoms with Crippen LogP contribution in [0.5, 0.6) is 5.75 Å². The first kappa shape index (κ1) is 21.2. The second kappa shape index (κ2) is 10.3. The van der Waals surface area contributed by atoms with Crippen molar-refractivity contribution < 1.29 is 13.9 Å². The highest BCUT2D eigenvalue weighted by Gasteiger charge is 2.11. The second-order valence-electron chi connectivity index (χ2n) is 6.58. The summed E-state index contributed by atoms with van der Waals surface area (Å²) in [5.41, 5.74) is 1.92. The van der Waals surface area contributed by atoms with Crippen LogP contribution in [0.4, 0.5) is 0 Å². The molecule has 0 saturated heterocycles. The Morgan fingerprint density at radius 2 is 1.86 bits per heavy atom. The molecule has 152 valence electrons. The van der Waals surface area contributed by atoms with Gasteiger partial charge in [-0.2, -0.15) is 0 Å². The normalized spacial score (nSPS) is 10.9. The van der Waals surface area contributed by atoms with E-state index in [2.05, 4.69) is 15.5 Å². The molecule has 0 radical (unpaired) electrons. The monoisotopic (exact) mass is 431 g/mol. The molecule has 0 bridgehead atoms. The molecular formula is C21H22ClN3O3S. The van der Waals surface area contributed by atoms with Gasteiger partial charge in [0.25, 0.3) is 5.22 Å². The highest BCUT2D eigenvalue weighted by atomic mass is 35.5. The van der Waals surface area contributed by atoms with E-state index >= 15 is 0 Å². The lowest BCUT2D eigenvalue weighted by Gasteiger charge is -2.10. The van der Waals surface area contributed by atoms with E-state index in [1.165, 1.54) is 11.8 Å². The van der Waals surface area contributed by atoms with Gasteiger partial charge < -0.3 is 14.5 Å². The minimum absolute atomic E-state index is 0.0824. The van der Waals surface area contributed by atoms with Gasteiger partial charge in [0, 0.05) is 17.1 Å². The van der Waals surface area contributed by atoms with Gasteiger partial charge in [0.05, 0.1) is 11.9 Å². The topological polar surface area (TPSA) is 77.2 Å². The van der Waals surface area contributed by atoms with E-state index in [-0.39, 0.29) is 17.8 Å². The first-order chi connectivity index (χ1) is 14.0. The van der Waals surface area contributed by atoms with Gasteiger partial charge in [0.2, 0.25) is 11.8 Å². The van der Waals surface area contributed by atoms with Crippen LogP contribution in [0.25, 0.3) is 11.5 Å². The number of hydrogen-bond donors (Lipinski definition) is 1. The third kappa shape index (κ3) is 6.80. The first-order valence-corrected chi connectivity index (χ1v) is 10.6. The number of halogens is 1. The number of benzene rings is 2. The van der Waals surface area contributed by atoms with Crippen molar-refractivity contribution in [1.82, 2.24) is 15.5 Å². The number of aromatic nitrogens is 2. The van der Waals surface area contributed by atoms with Crippen molar-refractivity contribution in [3.8, 4) is 17.2 Å². The second-order valence-corrected chi connectivity index (χ2v) is 7.94. The molecule has 1 heterocycles. The smallest absolute Gasteiger partial charge is 0.277 e. The SMILES string of the molecule is CC(C)Oc1ccc(CCNC(=O)CSc2nnc(-c3ccc(Cl)cc3)o2)cc1. The molecule has 8 heteroatoms. The summed E-state index contributed by atoms with van der Waals surface area (Å²) in [5, 5.41) is 11.9. The van der Waals surface area contributed by atoms with Crippen molar-refractivity contribution >= 4 is 29.3 Å². The Morgan fingerprint density at radius 1 is 1.14 bits per heavy atom. The molecule has 1 aromatic heterocycles. The Balaban J connectivity index is 1.39. The van der Waals surface area contributed by atoms with Crippen molar-refractivity contribution in [3.05, 3.63) is 59.1 Å². The molecule has 0 atom stereocenters. The zero-order chi connectivity index (χ0) is 20.6. The Bertz CT molecular complexity index is 927. The van der Waals surface area contributed by atoms with Crippen molar-refractivity contribution in [2.75, 3.05) is 12.3 Å². The molecule has 0 aliphatic heterocycles. The van der Waals surface area contributed by atoms with Crippen LogP contribution in [0, 0.1) is 0 Å². The van der Waals surface area contributed by atoms with E-state index in [1.807, 2.05) is 38.1 Å². The first-order valence-electron chi connectivity index (χ1n) is 9.24.